The Labute approximate surface area is 113 Å². The van der Waals surface area contributed by atoms with Crippen LogP contribution in [-0.4, -0.2) is 28.6 Å². The zero-order valence-electron chi connectivity index (χ0n) is 8.82. The van der Waals surface area contributed by atoms with Crippen molar-refractivity contribution in [3.63, 3.8) is 0 Å². The molecule has 0 saturated carbocycles. The van der Waals surface area contributed by atoms with E-state index in [9.17, 15) is 4.79 Å². The summed E-state index contributed by atoms with van der Waals surface area (Å²) in [5.41, 5.74) is 0.898. The number of aliphatic carboxylic acids is 1. The number of carboxylic acid groups (broad SMARTS) is 1. The molecule has 0 radical (unpaired) electrons. The van der Waals surface area contributed by atoms with E-state index in [4.69, 9.17) is 28.3 Å². The molecule has 1 saturated heterocycles. The summed E-state index contributed by atoms with van der Waals surface area (Å²) in [5.74, 6) is 0.564. The second-order valence-electron chi connectivity index (χ2n) is 3.81. The molecule has 1 fully saturated rings. The fraction of sp³-hybridized carbons (Fsp3) is 0.364. The minimum Gasteiger partial charge on any atom is -0.480 e. The van der Waals surface area contributed by atoms with Gasteiger partial charge in [-0.3, -0.25) is 10.1 Å². The molecule has 0 aliphatic carbocycles. The second-order valence-corrected chi connectivity index (χ2v) is 5.73. The second kappa shape index (κ2) is 5.48. The van der Waals surface area contributed by atoms with E-state index in [0.717, 1.165) is 11.3 Å². The molecule has 92 valence electrons. The van der Waals surface area contributed by atoms with E-state index >= 15 is 0 Å². The molecule has 2 rings (SSSR count). The Bertz CT molecular complexity index is 441. The predicted octanol–water partition coefficient (Wildman–Crippen LogP) is 2.82. The van der Waals surface area contributed by atoms with Crippen molar-refractivity contribution in [3.8, 4) is 0 Å². The maximum atomic E-state index is 10.9. The molecular weight excluding hydrogens is 281 g/mol. The van der Waals surface area contributed by atoms with Gasteiger partial charge in [0.25, 0.3) is 0 Å². The number of thioether (sulfide) groups is 1. The molecule has 1 aromatic carbocycles. The highest BCUT2D eigenvalue weighted by molar-refractivity contribution is 7.99. The summed E-state index contributed by atoms with van der Waals surface area (Å²) >= 11 is 13.6. The highest BCUT2D eigenvalue weighted by atomic mass is 35.5. The van der Waals surface area contributed by atoms with E-state index in [0.29, 0.717) is 15.8 Å². The van der Waals surface area contributed by atoms with Gasteiger partial charge in [0, 0.05) is 27.6 Å². The quantitative estimate of drug-likeness (QED) is 0.880. The Hall–Kier alpha value is -0.420. The predicted molar refractivity (Wildman–Crippen MR) is 71.1 cm³/mol. The lowest BCUT2D eigenvalue weighted by Crippen LogP contribution is -2.45. The Morgan fingerprint density at radius 1 is 1.41 bits per heavy atom. The van der Waals surface area contributed by atoms with Crippen molar-refractivity contribution in [2.45, 2.75) is 12.1 Å². The number of rotatable bonds is 2. The van der Waals surface area contributed by atoms with Crippen LogP contribution in [0.2, 0.25) is 10.0 Å². The highest BCUT2D eigenvalue weighted by Crippen LogP contribution is 2.31. The average Bonchev–Trinajstić information content (AvgIpc) is 2.29. The highest BCUT2D eigenvalue weighted by Gasteiger charge is 2.28. The molecule has 1 aliphatic rings. The third-order valence-electron chi connectivity index (χ3n) is 2.61. The van der Waals surface area contributed by atoms with Crippen molar-refractivity contribution in [2.24, 2.45) is 0 Å². The SMILES string of the molecule is O=C(O)C1CSCC(c2ccc(Cl)cc2Cl)N1. The number of hydrogen-bond donors (Lipinski definition) is 2. The first-order chi connectivity index (χ1) is 8.08. The minimum atomic E-state index is -0.827. The van der Waals surface area contributed by atoms with Gasteiger partial charge in [-0.2, -0.15) is 11.8 Å². The monoisotopic (exact) mass is 291 g/mol. The van der Waals surface area contributed by atoms with E-state index < -0.39 is 12.0 Å². The topological polar surface area (TPSA) is 49.3 Å². The van der Waals surface area contributed by atoms with Crippen molar-refractivity contribution >= 4 is 40.9 Å². The van der Waals surface area contributed by atoms with Crippen LogP contribution in [0.4, 0.5) is 0 Å². The molecule has 2 unspecified atom stereocenters. The molecule has 0 bridgehead atoms. The van der Waals surface area contributed by atoms with Crippen LogP contribution in [0.25, 0.3) is 0 Å². The number of hydrogen-bond acceptors (Lipinski definition) is 3. The third kappa shape index (κ3) is 3.07. The summed E-state index contributed by atoms with van der Waals surface area (Å²) in [5, 5.41) is 13.2. The number of carboxylic acids is 1. The zero-order chi connectivity index (χ0) is 12.4. The van der Waals surface area contributed by atoms with Crippen molar-refractivity contribution in [3.05, 3.63) is 33.8 Å². The van der Waals surface area contributed by atoms with E-state index in [2.05, 4.69) is 5.32 Å². The van der Waals surface area contributed by atoms with Crippen LogP contribution in [0.5, 0.6) is 0 Å². The van der Waals surface area contributed by atoms with Gasteiger partial charge in [-0.1, -0.05) is 29.3 Å². The Balaban J connectivity index is 2.19. The largest absolute Gasteiger partial charge is 0.480 e. The first-order valence-electron chi connectivity index (χ1n) is 5.09. The van der Waals surface area contributed by atoms with Gasteiger partial charge in [0.15, 0.2) is 0 Å². The van der Waals surface area contributed by atoms with Crippen molar-refractivity contribution in [1.82, 2.24) is 5.32 Å². The molecule has 3 nitrogen and oxygen atoms in total. The molecule has 0 aromatic heterocycles. The summed E-state index contributed by atoms with van der Waals surface area (Å²) in [4.78, 5) is 10.9. The lowest BCUT2D eigenvalue weighted by atomic mass is 10.1. The van der Waals surface area contributed by atoms with Gasteiger partial charge >= 0.3 is 5.97 Å². The van der Waals surface area contributed by atoms with Gasteiger partial charge in [-0.15, -0.1) is 0 Å². The third-order valence-corrected chi connectivity index (χ3v) is 4.31. The van der Waals surface area contributed by atoms with Gasteiger partial charge in [0.1, 0.15) is 6.04 Å². The molecule has 1 aliphatic heterocycles. The fourth-order valence-electron chi connectivity index (χ4n) is 1.75. The van der Waals surface area contributed by atoms with Gasteiger partial charge in [0.2, 0.25) is 0 Å². The first kappa shape index (κ1) is 13.0. The molecule has 2 N–H and O–H groups in total. The normalized spacial score (nSPS) is 24.6. The van der Waals surface area contributed by atoms with Crippen LogP contribution in [0, 0.1) is 0 Å². The van der Waals surface area contributed by atoms with Gasteiger partial charge < -0.3 is 5.11 Å². The first-order valence-corrected chi connectivity index (χ1v) is 7.00. The Morgan fingerprint density at radius 2 is 2.18 bits per heavy atom. The molecule has 2 atom stereocenters. The van der Waals surface area contributed by atoms with Crippen LogP contribution >= 0.6 is 35.0 Å². The van der Waals surface area contributed by atoms with E-state index in [1.807, 2.05) is 6.07 Å². The summed E-state index contributed by atoms with van der Waals surface area (Å²) in [6.45, 7) is 0. The van der Waals surface area contributed by atoms with Crippen molar-refractivity contribution < 1.29 is 9.90 Å². The Morgan fingerprint density at radius 3 is 2.82 bits per heavy atom. The summed E-state index contributed by atoms with van der Waals surface area (Å²) in [7, 11) is 0. The Kier molecular flexibility index (Phi) is 4.20. The van der Waals surface area contributed by atoms with Gasteiger partial charge in [-0.25, -0.2) is 0 Å². The fourth-order valence-corrected chi connectivity index (χ4v) is 3.41. The van der Waals surface area contributed by atoms with Crippen LogP contribution in [-0.2, 0) is 4.79 Å². The minimum absolute atomic E-state index is 0.0420. The molecule has 17 heavy (non-hydrogen) atoms. The van der Waals surface area contributed by atoms with Crippen molar-refractivity contribution in [2.75, 3.05) is 11.5 Å². The van der Waals surface area contributed by atoms with E-state index in [1.165, 1.54) is 0 Å². The summed E-state index contributed by atoms with van der Waals surface area (Å²) in [6.07, 6.45) is 0. The molecule has 0 spiro atoms. The van der Waals surface area contributed by atoms with Crippen LogP contribution in [0.3, 0.4) is 0 Å². The molecule has 1 aromatic rings. The molecular formula is C11H11Cl2NO2S. The van der Waals surface area contributed by atoms with E-state index in [1.54, 1.807) is 23.9 Å². The summed E-state index contributed by atoms with van der Waals surface area (Å²) in [6, 6.07) is 4.71. The average molecular weight is 292 g/mol. The number of nitrogens with one attached hydrogen (secondary N) is 1. The molecule has 1 heterocycles. The van der Waals surface area contributed by atoms with Gasteiger partial charge in [-0.05, 0) is 17.7 Å². The molecule has 0 amide bonds. The standard InChI is InChI=1S/C11H11Cl2NO2S/c12-6-1-2-7(8(13)3-6)9-4-17-5-10(14-9)11(15)16/h1-3,9-10,14H,4-5H2,(H,15,16). The maximum Gasteiger partial charge on any atom is 0.321 e. The number of carbonyl (C=O) groups is 1. The van der Waals surface area contributed by atoms with Crippen LogP contribution in [0.15, 0.2) is 18.2 Å². The maximum absolute atomic E-state index is 10.9. The lowest BCUT2D eigenvalue weighted by molar-refractivity contribution is -0.139. The summed E-state index contributed by atoms with van der Waals surface area (Å²) < 4.78 is 0. The van der Waals surface area contributed by atoms with Crippen LogP contribution < -0.4 is 5.32 Å². The lowest BCUT2D eigenvalue weighted by Gasteiger charge is -2.29. The molecule has 6 heteroatoms. The number of benzene rings is 1. The van der Waals surface area contributed by atoms with Gasteiger partial charge in [0.05, 0.1) is 0 Å². The van der Waals surface area contributed by atoms with Crippen LogP contribution in [0.1, 0.15) is 11.6 Å². The smallest absolute Gasteiger partial charge is 0.321 e. The zero-order valence-corrected chi connectivity index (χ0v) is 11.1. The number of halogens is 2. The van der Waals surface area contributed by atoms with E-state index in [-0.39, 0.29) is 6.04 Å². The van der Waals surface area contributed by atoms with Crippen molar-refractivity contribution in [1.29, 1.82) is 0 Å².